The van der Waals surface area contributed by atoms with Crippen LogP contribution in [0.5, 0.6) is 0 Å². The Morgan fingerprint density at radius 3 is 1.95 bits per heavy atom. The molecule has 1 N–H and O–H groups in total. The fourth-order valence-electron chi connectivity index (χ4n) is 2.28. The number of carbonyl (C=O) groups is 2. The first kappa shape index (κ1) is 14.6. The maximum Gasteiger partial charge on any atom is 0.261 e. The second-order valence-electron chi connectivity index (χ2n) is 5.32. The second kappa shape index (κ2) is 5.28. The number of hydrogen-bond acceptors (Lipinski definition) is 3. The van der Waals surface area contributed by atoms with Gasteiger partial charge in [0.05, 0.1) is 23.8 Å². The van der Waals surface area contributed by atoms with E-state index in [9.17, 15) is 23.5 Å². The van der Waals surface area contributed by atoms with Gasteiger partial charge in [-0.1, -0.05) is 13.8 Å². The van der Waals surface area contributed by atoms with Gasteiger partial charge in [-0.05, 0) is 24.5 Å². The van der Waals surface area contributed by atoms with Crippen LogP contribution in [0.4, 0.5) is 8.78 Å². The minimum absolute atomic E-state index is 0.161. The van der Waals surface area contributed by atoms with Crippen LogP contribution in [0.2, 0.25) is 0 Å². The summed E-state index contributed by atoms with van der Waals surface area (Å²) in [5.41, 5.74) is -0.323. The van der Waals surface area contributed by atoms with E-state index >= 15 is 0 Å². The Labute approximate surface area is 115 Å². The first-order valence-corrected chi connectivity index (χ1v) is 6.34. The number of fused-ring (bicyclic) bond motifs is 1. The molecule has 1 heterocycles. The maximum absolute atomic E-state index is 13.1. The van der Waals surface area contributed by atoms with Crippen molar-refractivity contribution in [1.82, 2.24) is 4.90 Å². The quantitative estimate of drug-likeness (QED) is 0.859. The molecule has 0 saturated carbocycles. The zero-order valence-electron chi connectivity index (χ0n) is 11.2. The number of aliphatic hydroxyl groups is 1. The van der Waals surface area contributed by atoms with Gasteiger partial charge in [0.2, 0.25) is 0 Å². The zero-order chi connectivity index (χ0) is 15.0. The molecule has 1 unspecified atom stereocenters. The summed E-state index contributed by atoms with van der Waals surface area (Å²) in [6, 6.07) is 1.44. The molecule has 1 atom stereocenters. The molecule has 4 nitrogen and oxygen atoms in total. The van der Waals surface area contributed by atoms with Crippen molar-refractivity contribution in [2.45, 2.75) is 26.4 Å². The van der Waals surface area contributed by atoms with Crippen molar-refractivity contribution in [2.75, 3.05) is 6.54 Å². The largest absolute Gasteiger partial charge is 0.391 e. The zero-order valence-corrected chi connectivity index (χ0v) is 11.2. The molecule has 1 aromatic rings. The number of rotatable bonds is 4. The summed E-state index contributed by atoms with van der Waals surface area (Å²) in [7, 11) is 0. The van der Waals surface area contributed by atoms with Crippen LogP contribution in [-0.4, -0.2) is 34.5 Å². The van der Waals surface area contributed by atoms with Crippen molar-refractivity contribution in [3.63, 3.8) is 0 Å². The predicted molar refractivity (Wildman–Crippen MR) is 67.2 cm³/mol. The molecule has 1 aromatic carbocycles. The van der Waals surface area contributed by atoms with Gasteiger partial charge in [0.25, 0.3) is 11.8 Å². The number of benzene rings is 1. The Morgan fingerprint density at radius 2 is 1.55 bits per heavy atom. The van der Waals surface area contributed by atoms with E-state index in [-0.39, 0.29) is 23.6 Å². The van der Waals surface area contributed by atoms with Crippen molar-refractivity contribution < 1.29 is 23.5 Å². The monoisotopic (exact) mass is 283 g/mol. The Morgan fingerprint density at radius 1 is 1.10 bits per heavy atom. The number of imide groups is 1. The second-order valence-corrected chi connectivity index (χ2v) is 5.32. The summed E-state index contributed by atoms with van der Waals surface area (Å²) in [4.78, 5) is 24.8. The van der Waals surface area contributed by atoms with Crippen LogP contribution in [0.3, 0.4) is 0 Å². The van der Waals surface area contributed by atoms with Crippen LogP contribution in [0.25, 0.3) is 0 Å². The molecule has 6 heteroatoms. The van der Waals surface area contributed by atoms with Gasteiger partial charge in [-0.15, -0.1) is 0 Å². The van der Waals surface area contributed by atoms with Crippen LogP contribution in [-0.2, 0) is 0 Å². The van der Waals surface area contributed by atoms with E-state index in [0.29, 0.717) is 6.42 Å². The standard InChI is InChI=1S/C14H15F2NO3/c1-7(2)3-8(18)6-17-13(19)9-4-11(15)12(16)5-10(9)14(17)20/h4-5,7-8,18H,3,6H2,1-2H3. The molecule has 108 valence electrons. The molecule has 0 saturated heterocycles. The molecule has 0 aromatic heterocycles. The Balaban J connectivity index is 2.24. The maximum atomic E-state index is 13.1. The average Bonchev–Trinajstić information content (AvgIpc) is 2.55. The van der Waals surface area contributed by atoms with Gasteiger partial charge < -0.3 is 5.11 Å². The Hall–Kier alpha value is -1.82. The van der Waals surface area contributed by atoms with Gasteiger partial charge in [-0.25, -0.2) is 8.78 Å². The lowest BCUT2D eigenvalue weighted by Crippen LogP contribution is -2.37. The lowest BCUT2D eigenvalue weighted by Gasteiger charge is -2.19. The van der Waals surface area contributed by atoms with Crippen molar-refractivity contribution in [3.8, 4) is 0 Å². The van der Waals surface area contributed by atoms with Gasteiger partial charge in [0.15, 0.2) is 11.6 Å². The highest BCUT2D eigenvalue weighted by Crippen LogP contribution is 2.25. The summed E-state index contributed by atoms with van der Waals surface area (Å²) < 4.78 is 26.3. The molecule has 1 aliphatic rings. The number of carbonyl (C=O) groups excluding carboxylic acids is 2. The van der Waals surface area contributed by atoms with Crippen LogP contribution in [0, 0.1) is 17.6 Å². The molecule has 0 aliphatic carbocycles. The van der Waals surface area contributed by atoms with Crippen molar-refractivity contribution >= 4 is 11.8 Å². The lowest BCUT2D eigenvalue weighted by molar-refractivity contribution is 0.0515. The normalized spacial score (nSPS) is 16.0. The predicted octanol–water partition coefficient (Wildman–Crippen LogP) is 1.97. The van der Waals surface area contributed by atoms with E-state index in [4.69, 9.17) is 0 Å². The molecule has 0 bridgehead atoms. The van der Waals surface area contributed by atoms with Crippen molar-refractivity contribution in [3.05, 3.63) is 34.9 Å². The van der Waals surface area contributed by atoms with E-state index in [0.717, 1.165) is 17.0 Å². The fraction of sp³-hybridized carbons (Fsp3) is 0.429. The lowest BCUT2D eigenvalue weighted by atomic mass is 10.1. The Bertz CT molecular complexity index is 531. The number of aliphatic hydroxyl groups excluding tert-OH is 1. The van der Waals surface area contributed by atoms with E-state index in [2.05, 4.69) is 0 Å². The fourth-order valence-corrected chi connectivity index (χ4v) is 2.28. The topological polar surface area (TPSA) is 57.6 Å². The van der Waals surface area contributed by atoms with Gasteiger partial charge in [0, 0.05) is 0 Å². The van der Waals surface area contributed by atoms with Gasteiger partial charge in [-0.3, -0.25) is 14.5 Å². The first-order valence-electron chi connectivity index (χ1n) is 6.34. The van der Waals surface area contributed by atoms with E-state index in [1.807, 2.05) is 13.8 Å². The van der Waals surface area contributed by atoms with Crippen molar-refractivity contribution in [1.29, 1.82) is 0 Å². The minimum atomic E-state index is -1.17. The smallest absolute Gasteiger partial charge is 0.261 e. The molecule has 0 fully saturated rings. The SMILES string of the molecule is CC(C)CC(O)CN1C(=O)c2cc(F)c(F)cc2C1=O. The van der Waals surface area contributed by atoms with Crippen LogP contribution in [0.1, 0.15) is 41.0 Å². The summed E-state index contributed by atoms with van der Waals surface area (Å²) >= 11 is 0. The van der Waals surface area contributed by atoms with Gasteiger partial charge in [-0.2, -0.15) is 0 Å². The molecule has 2 rings (SSSR count). The molecule has 0 spiro atoms. The summed E-state index contributed by atoms with van der Waals surface area (Å²) in [6.45, 7) is 3.63. The number of hydrogen-bond donors (Lipinski definition) is 1. The third-order valence-electron chi connectivity index (χ3n) is 3.15. The number of amides is 2. The number of nitrogens with zero attached hydrogens (tertiary/aromatic N) is 1. The van der Waals surface area contributed by atoms with E-state index in [1.54, 1.807) is 0 Å². The van der Waals surface area contributed by atoms with E-state index < -0.39 is 29.6 Å². The molecular weight excluding hydrogens is 268 g/mol. The first-order chi connectivity index (χ1) is 9.31. The summed E-state index contributed by atoms with van der Waals surface area (Å²) in [5, 5.41) is 9.81. The van der Waals surface area contributed by atoms with Crippen molar-refractivity contribution in [2.24, 2.45) is 5.92 Å². The molecule has 1 aliphatic heterocycles. The number of halogens is 2. The molecular formula is C14H15F2NO3. The van der Waals surface area contributed by atoms with E-state index in [1.165, 1.54) is 0 Å². The third-order valence-corrected chi connectivity index (χ3v) is 3.15. The Kier molecular flexibility index (Phi) is 3.85. The number of β-amino-alcohol motifs (C(OH)–C–C–N with tert-alkyl or cyclic N) is 1. The van der Waals surface area contributed by atoms with Gasteiger partial charge >= 0.3 is 0 Å². The molecule has 2 amide bonds. The highest BCUT2D eigenvalue weighted by Gasteiger charge is 2.37. The summed E-state index contributed by atoms with van der Waals surface area (Å²) in [6.07, 6.45) is -0.428. The third kappa shape index (κ3) is 2.56. The highest BCUT2D eigenvalue weighted by molar-refractivity contribution is 6.21. The average molecular weight is 283 g/mol. The molecule has 0 radical (unpaired) electrons. The van der Waals surface area contributed by atoms with Crippen LogP contribution in [0.15, 0.2) is 12.1 Å². The summed E-state index contributed by atoms with van der Waals surface area (Å²) in [5.74, 6) is -3.54. The molecule has 20 heavy (non-hydrogen) atoms. The van der Waals surface area contributed by atoms with Gasteiger partial charge in [0.1, 0.15) is 0 Å². The van der Waals surface area contributed by atoms with Crippen LogP contribution >= 0.6 is 0 Å². The van der Waals surface area contributed by atoms with Crippen LogP contribution < -0.4 is 0 Å². The minimum Gasteiger partial charge on any atom is -0.391 e. The highest BCUT2D eigenvalue weighted by atomic mass is 19.2.